The predicted octanol–water partition coefficient (Wildman–Crippen LogP) is 1.49. The predicted molar refractivity (Wildman–Crippen MR) is 86.6 cm³/mol. The number of hydrogen-bond acceptors (Lipinski definition) is 6. The highest BCUT2D eigenvalue weighted by molar-refractivity contribution is 7.14. The van der Waals surface area contributed by atoms with Gasteiger partial charge in [-0.25, -0.2) is 13.8 Å². The largest absolute Gasteiger partial charge is 0.367 e. The third-order valence-electron chi connectivity index (χ3n) is 3.51. The molecule has 0 saturated carbocycles. The maximum Gasteiger partial charge on any atom is 0.273 e. The highest BCUT2D eigenvalue weighted by atomic mass is 32.1. The summed E-state index contributed by atoms with van der Waals surface area (Å²) in [6, 6.07) is 2.99. The Hall–Kier alpha value is -2.59. The molecule has 1 aromatic heterocycles. The second-order valence-electron chi connectivity index (χ2n) is 5.33. The van der Waals surface area contributed by atoms with E-state index in [0.717, 1.165) is 29.5 Å². The molecule has 7 nitrogen and oxygen atoms in total. The monoisotopic (exact) mass is 368 g/mol. The summed E-state index contributed by atoms with van der Waals surface area (Å²) in [5.74, 6) is -2.45. The Kier molecular flexibility index (Phi) is 4.91. The molecule has 1 fully saturated rings. The number of hydrogen-bond donors (Lipinski definition) is 2. The number of aromatic nitrogens is 1. The van der Waals surface area contributed by atoms with Crippen LogP contribution >= 0.6 is 11.3 Å². The summed E-state index contributed by atoms with van der Waals surface area (Å²) in [6.07, 6.45) is -0.843. The van der Waals surface area contributed by atoms with Crippen molar-refractivity contribution in [2.24, 2.45) is 5.73 Å². The molecule has 1 atom stereocenters. The lowest BCUT2D eigenvalue weighted by Gasteiger charge is -2.30. The van der Waals surface area contributed by atoms with Crippen LogP contribution in [-0.4, -0.2) is 47.5 Å². The zero-order chi connectivity index (χ0) is 18.0. The molecule has 3 N–H and O–H groups in total. The lowest BCUT2D eigenvalue weighted by molar-refractivity contribution is -0.133. The molecule has 0 radical (unpaired) electrons. The molecule has 10 heteroatoms. The number of carbonyl (C=O) groups excluding carboxylic acids is 2. The highest BCUT2D eigenvalue weighted by Gasteiger charge is 2.29. The van der Waals surface area contributed by atoms with Crippen molar-refractivity contribution < 1.29 is 23.1 Å². The molecule has 1 aromatic carbocycles. The van der Waals surface area contributed by atoms with Crippen LogP contribution in [0.3, 0.4) is 0 Å². The molecule has 1 unspecified atom stereocenters. The van der Waals surface area contributed by atoms with Crippen LogP contribution in [0.5, 0.6) is 0 Å². The Morgan fingerprint density at radius 3 is 2.72 bits per heavy atom. The van der Waals surface area contributed by atoms with E-state index >= 15 is 0 Å². The molecule has 0 bridgehead atoms. The fourth-order valence-corrected chi connectivity index (χ4v) is 3.05. The first kappa shape index (κ1) is 17.2. The fourth-order valence-electron chi connectivity index (χ4n) is 2.35. The number of anilines is 2. The van der Waals surface area contributed by atoms with Crippen molar-refractivity contribution in [2.75, 3.05) is 25.0 Å². The standard InChI is InChI=1S/C15H14F2N4O3S/c16-8-3-9(17)5-10(4-8)19-15-20-11(7-25-15)14(23)21-1-2-24-12(6-21)13(18)22/h3-5,7,12H,1-2,6H2,(H2,18,22)(H,19,20). The fraction of sp³-hybridized carbons (Fsp3) is 0.267. The van der Waals surface area contributed by atoms with Crippen LogP contribution in [0.4, 0.5) is 19.6 Å². The van der Waals surface area contributed by atoms with Gasteiger partial charge in [0, 0.05) is 23.7 Å². The van der Waals surface area contributed by atoms with Crippen LogP contribution in [0.1, 0.15) is 10.5 Å². The number of nitrogens with two attached hydrogens (primary N) is 1. The maximum atomic E-state index is 13.2. The van der Waals surface area contributed by atoms with Crippen molar-refractivity contribution in [1.82, 2.24) is 9.88 Å². The van der Waals surface area contributed by atoms with Gasteiger partial charge < -0.3 is 20.7 Å². The van der Waals surface area contributed by atoms with Crippen LogP contribution < -0.4 is 11.1 Å². The van der Waals surface area contributed by atoms with Gasteiger partial charge in [0.25, 0.3) is 5.91 Å². The number of rotatable bonds is 4. The Labute approximate surface area is 145 Å². The molecule has 1 aliphatic rings. The Balaban J connectivity index is 1.70. The van der Waals surface area contributed by atoms with Gasteiger partial charge in [-0.15, -0.1) is 11.3 Å². The van der Waals surface area contributed by atoms with E-state index in [1.165, 1.54) is 10.3 Å². The molecule has 2 amide bonds. The minimum atomic E-state index is -0.843. The smallest absolute Gasteiger partial charge is 0.273 e. The van der Waals surface area contributed by atoms with Gasteiger partial charge in [0.2, 0.25) is 5.91 Å². The van der Waals surface area contributed by atoms with Gasteiger partial charge in [-0.3, -0.25) is 9.59 Å². The quantitative estimate of drug-likeness (QED) is 0.852. The Morgan fingerprint density at radius 1 is 1.32 bits per heavy atom. The first-order valence-corrected chi connectivity index (χ1v) is 8.19. The minimum absolute atomic E-state index is 0.0591. The topological polar surface area (TPSA) is 97.6 Å². The third kappa shape index (κ3) is 4.09. The first-order valence-electron chi connectivity index (χ1n) is 7.31. The number of morpholine rings is 1. The van der Waals surface area contributed by atoms with Crippen LogP contribution in [-0.2, 0) is 9.53 Å². The molecular formula is C15H14F2N4O3S. The summed E-state index contributed by atoms with van der Waals surface area (Å²) in [5.41, 5.74) is 5.54. The van der Waals surface area contributed by atoms with E-state index in [0.29, 0.717) is 11.7 Å². The van der Waals surface area contributed by atoms with E-state index in [9.17, 15) is 18.4 Å². The lowest BCUT2D eigenvalue weighted by Crippen LogP contribution is -2.50. The SMILES string of the molecule is NC(=O)C1CN(C(=O)c2csc(Nc3cc(F)cc(F)c3)n2)CCO1. The van der Waals surface area contributed by atoms with Gasteiger partial charge in [-0.05, 0) is 12.1 Å². The van der Waals surface area contributed by atoms with Gasteiger partial charge in [0.15, 0.2) is 11.2 Å². The first-order chi connectivity index (χ1) is 11.9. The van der Waals surface area contributed by atoms with Gasteiger partial charge in [0.05, 0.1) is 13.2 Å². The lowest BCUT2D eigenvalue weighted by atomic mass is 10.2. The van der Waals surface area contributed by atoms with E-state index in [2.05, 4.69) is 10.3 Å². The summed E-state index contributed by atoms with van der Waals surface area (Å²) in [5, 5.41) is 4.58. The third-order valence-corrected chi connectivity index (χ3v) is 4.27. The average Bonchev–Trinajstić information content (AvgIpc) is 3.01. The van der Waals surface area contributed by atoms with Crippen molar-refractivity contribution in [3.8, 4) is 0 Å². The van der Waals surface area contributed by atoms with Crippen LogP contribution in [0.2, 0.25) is 0 Å². The van der Waals surface area contributed by atoms with Crippen molar-refractivity contribution in [3.63, 3.8) is 0 Å². The molecule has 3 rings (SSSR count). The Morgan fingerprint density at radius 2 is 2.04 bits per heavy atom. The summed E-state index contributed by atoms with van der Waals surface area (Å²) in [4.78, 5) is 29.2. The van der Waals surface area contributed by atoms with E-state index in [1.807, 2.05) is 0 Å². The number of nitrogens with zero attached hydrogens (tertiary/aromatic N) is 2. The number of halogens is 2. The summed E-state index contributed by atoms with van der Waals surface area (Å²) >= 11 is 1.12. The van der Waals surface area contributed by atoms with Crippen LogP contribution in [0.25, 0.3) is 0 Å². The molecule has 0 aliphatic carbocycles. The minimum Gasteiger partial charge on any atom is -0.367 e. The Bertz CT molecular complexity index is 794. The van der Waals surface area contributed by atoms with Crippen molar-refractivity contribution in [3.05, 3.63) is 40.9 Å². The zero-order valence-corrected chi connectivity index (χ0v) is 13.7. The molecule has 0 spiro atoms. The summed E-state index contributed by atoms with van der Waals surface area (Å²) in [6.45, 7) is 0.582. The van der Waals surface area contributed by atoms with Gasteiger partial charge in [0.1, 0.15) is 17.3 Å². The van der Waals surface area contributed by atoms with E-state index in [-0.39, 0.29) is 30.4 Å². The summed E-state index contributed by atoms with van der Waals surface area (Å²) < 4.78 is 31.6. The number of benzene rings is 1. The molecular weight excluding hydrogens is 354 g/mol. The van der Waals surface area contributed by atoms with Gasteiger partial charge >= 0.3 is 0 Å². The number of carbonyl (C=O) groups is 2. The normalized spacial score (nSPS) is 17.4. The number of thiazole rings is 1. The molecule has 2 aromatic rings. The van der Waals surface area contributed by atoms with Crippen molar-refractivity contribution >= 4 is 34.0 Å². The zero-order valence-electron chi connectivity index (χ0n) is 12.9. The number of nitrogens with one attached hydrogen (secondary N) is 1. The second kappa shape index (κ2) is 7.11. The molecule has 2 heterocycles. The van der Waals surface area contributed by atoms with E-state index in [4.69, 9.17) is 10.5 Å². The van der Waals surface area contributed by atoms with Gasteiger partial charge in [-0.1, -0.05) is 0 Å². The van der Waals surface area contributed by atoms with E-state index in [1.54, 1.807) is 0 Å². The van der Waals surface area contributed by atoms with E-state index < -0.39 is 23.6 Å². The molecule has 132 valence electrons. The van der Waals surface area contributed by atoms with Crippen LogP contribution in [0, 0.1) is 11.6 Å². The number of ether oxygens (including phenoxy) is 1. The molecule has 25 heavy (non-hydrogen) atoms. The maximum absolute atomic E-state index is 13.2. The highest BCUT2D eigenvalue weighted by Crippen LogP contribution is 2.23. The van der Waals surface area contributed by atoms with Crippen LogP contribution in [0.15, 0.2) is 23.6 Å². The number of amides is 2. The molecule has 1 saturated heterocycles. The number of primary amides is 1. The average molecular weight is 368 g/mol. The van der Waals surface area contributed by atoms with Crippen molar-refractivity contribution in [1.29, 1.82) is 0 Å². The molecule has 1 aliphatic heterocycles. The second-order valence-corrected chi connectivity index (χ2v) is 6.19. The van der Waals surface area contributed by atoms with Gasteiger partial charge in [-0.2, -0.15) is 0 Å². The van der Waals surface area contributed by atoms with Crippen molar-refractivity contribution in [2.45, 2.75) is 6.10 Å². The summed E-state index contributed by atoms with van der Waals surface area (Å²) in [7, 11) is 0.